The van der Waals surface area contributed by atoms with E-state index in [0.717, 1.165) is 15.6 Å². The summed E-state index contributed by atoms with van der Waals surface area (Å²) < 4.78 is 6.78. The van der Waals surface area contributed by atoms with E-state index in [2.05, 4.69) is 22.0 Å². The number of hydrogen-bond acceptors (Lipinski definition) is 2. The number of nitrogens with zero attached hydrogens (tertiary/aromatic N) is 1. The molecule has 0 fully saturated rings. The third kappa shape index (κ3) is 2.91. The van der Waals surface area contributed by atoms with E-state index in [1.54, 1.807) is 6.07 Å². The minimum atomic E-state index is 0.457. The lowest BCUT2D eigenvalue weighted by Gasteiger charge is -2.10. The van der Waals surface area contributed by atoms with Crippen LogP contribution < -0.4 is 4.74 Å². The van der Waals surface area contributed by atoms with Crippen molar-refractivity contribution in [2.45, 2.75) is 13.5 Å². The van der Waals surface area contributed by atoms with Gasteiger partial charge in [0, 0.05) is 4.47 Å². The van der Waals surface area contributed by atoms with Crippen molar-refractivity contribution < 1.29 is 4.74 Å². The average Bonchev–Trinajstić information content (AvgIpc) is 2.37. The molecule has 2 aromatic carbocycles. The van der Waals surface area contributed by atoms with Crippen molar-refractivity contribution in [2.75, 3.05) is 0 Å². The van der Waals surface area contributed by atoms with E-state index in [0.29, 0.717) is 17.9 Å². The van der Waals surface area contributed by atoms with Crippen molar-refractivity contribution in [1.29, 1.82) is 5.26 Å². The van der Waals surface area contributed by atoms with Gasteiger partial charge in [-0.15, -0.1) is 0 Å². The van der Waals surface area contributed by atoms with Crippen molar-refractivity contribution in [2.24, 2.45) is 0 Å². The Morgan fingerprint density at radius 2 is 2.00 bits per heavy atom. The molecule has 0 saturated carbocycles. The lowest BCUT2D eigenvalue weighted by atomic mass is 10.1. The van der Waals surface area contributed by atoms with Crippen LogP contribution in [-0.2, 0) is 6.61 Å². The maximum Gasteiger partial charge on any atom is 0.140 e. The highest BCUT2D eigenvalue weighted by Crippen LogP contribution is 2.24. The molecule has 3 heteroatoms. The fourth-order valence-corrected chi connectivity index (χ4v) is 2.16. The predicted octanol–water partition coefficient (Wildman–Crippen LogP) is 4.21. The third-order valence-corrected chi connectivity index (χ3v) is 3.10. The van der Waals surface area contributed by atoms with Crippen LogP contribution in [0.1, 0.15) is 16.7 Å². The maximum atomic E-state index is 9.05. The van der Waals surface area contributed by atoms with Crippen molar-refractivity contribution >= 4 is 15.9 Å². The molecule has 0 aliphatic rings. The number of halogens is 1. The van der Waals surface area contributed by atoms with Gasteiger partial charge in [0.05, 0.1) is 5.56 Å². The number of aryl methyl sites for hydroxylation is 1. The number of benzene rings is 2. The summed E-state index contributed by atoms with van der Waals surface area (Å²) in [6.45, 7) is 2.40. The molecule has 0 radical (unpaired) electrons. The van der Waals surface area contributed by atoms with E-state index in [1.165, 1.54) is 0 Å². The number of hydrogen-bond donors (Lipinski definition) is 0. The highest BCUT2D eigenvalue weighted by molar-refractivity contribution is 9.10. The van der Waals surface area contributed by atoms with Gasteiger partial charge in [0.25, 0.3) is 0 Å². The molecule has 0 saturated heterocycles. The zero-order valence-electron chi connectivity index (χ0n) is 9.98. The van der Waals surface area contributed by atoms with Gasteiger partial charge in [-0.1, -0.05) is 40.2 Å². The first-order valence-electron chi connectivity index (χ1n) is 5.57. The van der Waals surface area contributed by atoms with E-state index >= 15 is 0 Å². The first-order chi connectivity index (χ1) is 8.70. The van der Waals surface area contributed by atoms with Gasteiger partial charge in [0.2, 0.25) is 0 Å². The lowest BCUT2D eigenvalue weighted by molar-refractivity contribution is 0.303. The monoisotopic (exact) mass is 301 g/mol. The molecule has 0 amide bonds. The maximum absolute atomic E-state index is 9.05. The third-order valence-electron chi connectivity index (χ3n) is 2.60. The number of rotatable bonds is 3. The summed E-state index contributed by atoms with van der Waals surface area (Å²) >= 11 is 3.42. The molecular weight excluding hydrogens is 290 g/mol. The second kappa shape index (κ2) is 5.70. The molecule has 2 nitrogen and oxygen atoms in total. The molecule has 2 rings (SSSR count). The highest BCUT2D eigenvalue weighted by Gasteiger charge is 2.06. The number of ether oxygens (including phenoxy) is 1. The molecule has 0 aromatic heterocycles. The minimum Gasteiger partial charge on any atom is -0.487 e. The van der Waals surface area contributed by atoms with Gasteiger partial charge >= 0.3 is 0 Å². The van der Waals surface area contributed by atoms with Crippen molar-refractivity contribution in [3.05, 3.63) is 63.6 Å². The molecule has 0 spiro atoms. The van der Waals surface area contributed by atoms with Gasteiger partial charge in [-0.25, -0.2) is 0 Å². The molecular formula is C15H12BrNO. The van der Waals surface area contributed by atoms with Gasteiger partial charge in [-0.2, -0.15) is 5.26 Å². The zero-order chi connectivity index (χ0) is 13.0. The van der Waals surface area contributed by atoms with Crippen LogP contribution in [0.5, 0.6) is 5.75 Å². The Labute approximate surface area is 115 Å². The van der Waals surface area contributed by atoms with E-state index < -0.39 is 0 Å². The smallest absolute Gasteiger partial charge is 0.140 e. The Hall–Kier alpha value is -1.79. The Kier molecular flexibility index (Phi) is 4.01. The van der Waals surface area contributed by atoms with Crippen LogP contribution in [0.15, 0.2) is 46.9 Å². The summed E-state index contributed by atoms with van der Waals surface area (Å²) in [5, 5.41) is 9.05. The molecule has 90 valence electrons. The van der Waals surface area contributed by atoms with E-state index in [1.807, 2.05) is 43.3 Å². The van der Waals surface area contributed by atoms with Crippen LogP contribution >= 0.6 is 15.9 Å². The second-order valence-electron chi connectivity index (χ2n) is 3.98. The number of para-hydroxylation sites is 1. The summed E-state index contributed by atoms with van der Waals surface area (Å²) in [6.07, 6.45) is 0. The normalized spacial score (nSPS) is 9.83. The van der Waals surface area contributed by atoms with E-state index in [4.69, 9.17) is 10.00 Å². The van der Waals surface area contributed by atoms with Crippen LogP contribution in [0.3, 0.4) is 0 Å². The van der Waals surface area contributed by atoms with Gasteiger partial charge in [-0.3, -0.25) is 0 Å². The Balaban J connectivity index is 2.18. The fourth-order valence-electron chi connectivity index (χ4n) is 1.71. The second-order valence-corrected chi connectivity index (χ2v) is 4.90. The van der Waals surface area contributed by atoms with Crippen LogP contribution in [0.4, 0.5) is 0 Å². The SMILES string of the molecule is Cc1cccc(C#N)c1OCc1cccc(Br)c1. The van der Waals surface area contributed by atoms with E-state index in [9.17, 15) is 0 Å². The molecule has 0 bridgehead atoms. The summed E-state index contributed by atoms with van der Waals surface area (Å²) in [5.41, 5.74) is 2.62. The fraction of sp³-hybridized carbons (Fsp3) is 0.133. The largest absolute Gasteiger partial charge is 0.487 e. The Morgan fingerprint density at radius 1 is 1.22 bits per heavy atom. The first-order valence-corrected chi connectivity index (χ1v) is 6.37. The minimum absolute atomic E-state index is 0.457. The van der Waals surface area contributed by atoms with Gasteiger partial charge in [0.15, 0.2) is 0 Å². The standard InChI is InChI=1S/C15H12BrNO/c1-11-4-2-6-13(9-17)15(11)18-10-12-5-3-7-14(16)8-12/h2-8H,10H2,1H3. The lowest BCUT2D eigenvalue weighted by Crippen LogP contribution is -1.99. The summed E-state index contributed by atoms with van der Waals surface area (Å²) in [7, 11) is 0. The number of nitriles is 1. The van der Waals surface area contributed by atoms with Crippen LogP contribution in [-0.4, -0.2) is 0 Å². The molecule has 0 atom stereocenters. The molecule has 0 aliphatic carbocycles. The summed E-state index contributed by atoms with van der Waals surface area (Å²) in [4.78, 5) is 0. The van der Waals surface area contributed by atoms with E-state index in [-0.39, 0.29) is 0 Å². The van der Waals surface area contributed by atoms with Gasteiger partial charge < -0.3 is 4.74 Å². The van der Waals surface area contributed by atoms with Crippen molar-refractivity contribution in [3.63, 3.8) is 0 Å². The Bertz CT molecular complexity index is 602. The van der Waals surface area contributed by atoms with Gasteiger partial charge in [-0.05, 0) is 36.2 Å². The molecule has 0 aliphatic heterocycles. The first kappa shape index (κ1) is 12.7. The van der Waals surface area contributed by atoms with Crippen molar-refractivity contribution in [3.8, 4) is 11.8 Å². The predicted molar refractivity (Wildman–Crippen MR) is 74.4 cm³/mol. The Morgan fingerprint density at radius 3 is 2.72 bits per heavy atom. The molecule has 2 aromatic rings. The molecule has 18 heavy (non-hydrogen) atoms. The molecule has 0 unspecified atom stereocenters. The van der Waals surface area contributed by atoms with Crippen molar-refractivity contribution in [1.82, 2.24) is 0 Å². The topological polar surface area (TPSA) is 33.0 Å². The van der Waals surface area contributed by atoms with Crippen LogP contribution in [0, 0.1) is 18.3 Å². The zero-order valence-corrected chi connectivity index (χ0v) is 11.6. The quantitative estimate of drug-likeness (QED) is 0.851. The van der Waals surface area contributed by atoms with Crippen LogP contribution in [0.2, 0.25) is 0 Å². The van der Waals surface area contributed by atoms with Gasteiger partial charge in [0.1, 0.15) is 18.4 Å². The van der Waals surface area contributed by atoms with Crippen LogP contribution in [0.25, 0.3) is 0 Å². The molecule has 0 heterocycles. The highest BCUT2D eigenvalue weighted by atomic mass is 79.9. The summed E-state index contributed by atoms with van der Waals surface area (Å²) in [5.74, 6) is 0.667. The molecule has 0 N–H and O–H groups in total. The summed E-state index contributed by atoms with van der Waals surface area (Å²) in [6, 6.07) is 15.7. The average molecular weight is 302 g/mol.